The Hall–Kier alpha value is -1.79. The minimum Gasteiger partial charge on any atom is -0.318 e. The Balaban J connectivity index is 1.58. The van der Waals surface area contributed by atoms with Crippen molar-refractivity contribution in [3.05, 3.63) is 56.7 Å². The number of aromatic nitrogens is 1. The van der Waals surface area contributed by atoms with Gasteiger partial charge in [-0.25, -0.2) is 0 Å². The molecule has 6 heteroatoms. The number of hydrogen-bond acceptors (Lipinski definition) is 3. The zero-order valence-electron chi connectivity index (χ0n) is 16.8. The van der Waals surface area contributed by atoms with Crippen molar-refractivity contribution in [3.63, 3.8) is 0 Å². The monoisotopic (exact) mass is 472 g/mol. The van der Waals surface area contributed by atoms with Crippen molar-refractivity contribution in [1.82, 2.24) is 9.47 Å². The molecule has 1 aromatic heterocycles. The molecule has 2 aliphatic rings. The molecule has 0 atom stereocenters. The summed E-state index contributed by atoms with van der Waals surface area (Å²) < 4.78 is 3.21. The first-order valence-corrected chi connectivity index (χ1v) is 11.8. The smallest absolute Gasteiger partial charge is 0.293 e. The lowest BCUT2D eigenvalue weighted by Gasteiger charge is -2.25. The maximum absolute atomic E-state index is 12.9. The summed E-state index contributed by atoms with van der Waals surface area (Å²) in [5, 5.41) is -0.131. The molecule has 1 aliphatic carbocycles. The standard InChI is InChI=1S/C23H25BrN2O2S/c1-15-12-18(16(2)26(15)20-10-8-19(24)9-11-20)13-21-22(27)25(23(28)29-21)14-17-6-4-3-5-7-17/h8-13,17H,3-7,14H2,1-2H3/b21-13-. The molecule has 1 aromatic carbocycles. The number of halogens is 1. The van der Waals surface area contributed by atoms with E-state index in [0.29, 0.717) is 17.4 Å². The summed E-state index contributed by atoms with van der Waals surface area (Å²) in [5.41, 5.74) is 4.21. The first-order chi connectivity index (χ1) is 13.9. The van der Waals surface area contributed by atoms with Gasteiger partial charge in [0.15, 0.2) is 0 Å². The number of amides is 2. The summed E-state index contributed by atoms with van der Waals surface area (Å²) in [5.74, 6) is 0.318. The first-order valence-electron chi connectivity index (χ1n) is 10.1. The second-order valence-electron chi connectivity index (χ2n) is 7.93. The minimum absolute atomic E-state index is 0.131. The number of carbonyl (C=O) groups is 2. The van der Waals surface area contributed by atoms with E-state index in [2.05, 4.69) is 45.6 Å². The van der Waals surface area contributed by atoms with Crippen molar-refractivity contribution < 1.29 is 9.59 Å². The van der Waals surface area contributed by atoms with Crippen LogP contribution in [-0.2, 0) is 4.79 Å². The summed E-state index contributed by atoms with van der Waals surface area (Å²) in [6.45, 7) is 4.67. The molecule has 0 unspecified atom stereocenters. The fourth-order valence-electron chi connectivity index (χ4n) is 4.35. The Labute approximate surface area is 184 Å². The molecule has 29 heavy (non-hydrogen) atoms. The second kappa shape index (κ2) is 8.52. The average molecular weight is 473 g/mol. The highest BCUT2D eigenvalue weighted by Crippen LogP contribution is 2.36. The highest BCUT2D eigenvalue weighted by atomic mass is 79.9. The summed E-state index contributed by atoms with van der Waals surface area (Å²) >= 11 is 4.55. The van der Waals surface area contributed by atoms with Crippen LogP contribution in [0.4, 0.5) is 4.79 Å². The number of aryl methyl sites for hydroxylation is 1. The van der Waals surface area contributed by atoms with Crippen LogP contribution < -0.4 is 0 Å². The SMILES string of the molecule is Cc1cc(/C=C2\SC(=O)N(CC3CCCCC3)C2=O)c(C)n1-c1ccc(Br)cc1. The Morgan fingerprint density at radius 3 is 2.48 bits per heavy atom. The normalized spacial score (nSPS) is 19.6. The molecule has 2 amide bonds. The number of thioether (sulfide) groups is 1. The van der Waals surface area contributed by atoms with Crippen molar-refractivity contribution in [3.8, 4) is 5.69 Å². The molecule has 0 radical (unpaired) electrons. The Morgan fingerprint density at radius 2 is 1.79 bits per heavy atom. The van der Waals surface area contributed by atoms with Crippen molar-refractivity contribution >= 4 is 44.9 Å². The van der Waals surface area contributed by atoms with Crippen LogP contribution in [0.5, 0.6) is 0 Å². The van der Waals surface area contributed by atoms with E-state index in [0.717, 1.165) is 51.7 Å². The molecule has 1 saturated carbocycles. The van der Waals surface area contributed by atoms with Crippen LogP contribution in [0.2, 0.25) is 0 Å². The Morgan fingerprint density at radius 1 is 1.10 bits per heavy atom. The molecule has 0 N–H and O–H groups in total. The summed E-state index contributed by atoms with van der Waals surface area (Å²) in [6, 6.07) is 10.2. The van der Waals surface area contributed by atoms with Gasteiger partial charge in [-0.1, -0.05) is 35.2 Å². The van der Waals surface area contributed by atoms with Crippen molar-refractivity contribution in [2.24, 2.45) is 5.92 Å². The van der Waals surface area contributed by atoms with Gasteiger partial charge in [0.05, 0.1) is 4.91 Å². The molecular formula is C23H25BrN2O2S. The van der Waals surface area contributed by atoms with E-state index in [9.17, 15) is 9.59 Å². The molecule has 2 aromatic rings. The molecule has 2 fully saturated rings. The van der Waals surface area contributed by atoms with Gasteiger partial charge in [0.25, 0.3) is 11.1 Å². The van der Waals surface area contributed by atoms with E-state index < -0.39 is 0 Å². The molecular weight excluding hydrogens is 448 g/mol. The molecule has 4 rings (SSSR count). The highest BCUT2D eigenvalue weighted by Gasteiger charge is 2.36. The van der Waals surface area contributed by atoms with E-state index in [1.807, 2.05) is 25.1 Å². The Bertz CT molecular complexity index is 972. The zero-order valence-corrected chi connectivity index (χ0v) is 19.2. The fraction of sp³-hybridized carbons (Fsp3) is 0.391. The maximum Gasteiger partial charge on any atom is 0.293 e. The highest BCUT2D eigenvalue weighted by molar-refractivity contribution is 9.10. The molecule has 152 valence electrons. The number of rotatable bonds is 4. The van der Waals surface area contributed by atoms with Gasteiger partial charge in [-0.05, 0) is 86.3 Å². The van der Waals surface area contributed by atoms with Gasteiger partial charge < -0.3 is 4.57 Å². The van der Waals surface area contributed by atoms with Gasteiger partial charge in [-0.2, -0.15) is 0 Å². The molecule has 0 spiro atoms. The molecule has 0 bridgehead atoms. The minimum atomic E-state index is -0.140. The molecule has 2 heterocycles. The Kier molecular flexibility index (Phi) is 6.02. The lowest BCUT2D eigenvalue weighted by molar-refractivity contribution is -0.123. The van der Waals surface area contributed by atoms with Gasteiger partial charge >= 0.3 is 0 Å². The van der Waals surface area contributed by atoms with Crippen LogP contribution in [0.25, 0.3) is 11.8 Å². The van der Waals surface area contributed by atoms with Gasteiger partial charge in [0.1, 0.15) is 0 Å². The van der Waals surface area contributed by atoms with E-state index >= 15 is 0 Å². The van der Waals surface area contributed by atoms with E-state index in [1.165, 1.54) is 24.2 Å². The summed E-state index contributed by atoms with van der Waals surface area (Å²) in [7, 11) is 0. The van der Waals surface area contributed by atoms with E-state index in [4.69, 9.17) is 0 Å². The van der Waals surface area contributed by atoms with Gasteiger partial charge in [-0.15, -0.1) is 0 Å². The third kappa shape index (κ3) is 4.24. The van der Waals surface area contributed by atoms with Gasteiger partial charge in [-0.3, -0.25) is 14.5 Å². The van der Waals surface area contributed by atoms with Crippen LogP contribution >= 0.6 is 27.7 Å². The van der Waals surface area contributed by atoms with Crippen molar-refractivity contribution in [1.29, 1.82) is 0 Å². The molecule has 1 saturated heterocycles. The molecule has 4 nitrogen and oxygen atoms in total. The summed E-state index contributed by atoms with van der Waals surface area (Å²) in [4.78, 5) is 27.4. The number of nitrogens with zero attached hydrogens (tertiary/aromatic N) is 2. The largest absolute Gasteiger partial charge is 0.318 e. The fourth-order valence-corrected chi connectivity index (χ4v) is 5.45. The quantitative estimate of drug-likeness (QED) is 0.478. The van der Waals surface area contributed by atoms with Crippen LogP contribution in [0.1, 0.15) is 49.1 Å². The predicted molar refractivity (Wildman–Crippen MR) is 122 cm³/mol. The summed E-state index contributed by atoms with van der Waals surface area (Å²) in [6.07, 6.45) is 7.80. The predicted octanol–water partition coefficient (Wildman–Crippen LogP) is 6.47. The van der Waals surface area contributed by atoms with Gasteiger partial charge in [0, 0.05) is 28.1 Å². The number of benzene rings is 1. The second-order valence-corrected chi connectivity index (χ2v) is 9.84. The average Bonchev–Trinajstić information content (AvgIpc) is 3.13. The van der Waals surface area contributed by atoms with Crippen LogP contribution in [0, 0.1) is 19.8 Å². The van der Waals surface area contributed by atoms with Crippen molar-refractivity contribution in [2.75, 3.05) is 6.54 Å². The van der Waals surface area contributed by atoms with Crippen LogP contribution in [0.3, 0.4) is 0 Å². The lowest BCUT2D eigenvalue weighted by atomic mass is 9.89. The third-order valence-corrected chi connectivity index (χ3v) is 7.32. The lowest BCUT2D eigenvalue weighted by Crippen LogP contribution is -2.34. The van der Waals surface area contributed by atoms with E-state index in [1.54, 1.807) is 0 Å². The zero-order chi connectivity index (χ0) is 20.5. The third-order valence-electron chi connectivity index (χ3n) is 5.88. The molecule has 1 aliphatic heterocycles. The van der Waals surface area contributed by atoms with Crippen molar-refractivity contribution in [2.45, 2.75) is 46.0 Å². The first kappa shape index (κ1) is 20.5. The number of hydrogen-bond donors (Lipinski definition) is 0. The van der Waals surface area contributed by atoms with Crippen LogP contribution in [0.15, 0.2) is 39.7 Å². The number of imide groups is 1. The maximum atomic E-state index is 12.9. The topological polar surface area (TPSA) is 42.3 Å². The van der Waals surface area contributed by atoms with E-state index in [-0.39, 0.29) is 11.1 Å². The number of carbonyl (C=O) groups excluding carboxylic acids is 2. The van der Waals surface area contributed by atoms with Crippen LogP contribution in [-0.4, -0.2) is 27.2 Å². The van der Waals surface area contributed by atoms with Gasteiger partial charge in [0.2, 0.25) is 0 Å².